The summed E-state index contributed by atoms with van der Waals surface area (Å²) in [7, 11) is 0. The van der Waals surface area contributed by atoms with Crippen LogP contribution in [0.5, 0.6) is 5.75 Å². The van der Waals surface area contributed by atoms with Crippen LogP contribution in [0, 0.1) is 0 Å². The van der Waals surface area contributed by atoms with Crippen LogP contribution in [0.4, 0.5) is 0 Å². The average molecular weight is 240 g/mol. The summed E-state index contributed by atoms with van der Waals surface area (Å²) in [4.78, 5) is 10.7. The van der Waals surface area contributed by atoms with Crippen LogP contribution in [-0.4, -0.2) is 12.9 Å². The molecule has 0 radical (unpaired) electrons. The quantitative estimate of drug-likeness (QED) is 0.739. The van der Waals surface area contributed by atoms with Crippen molar-refractivity contribution in [3.05, 3.63) is 54.1 Å². The SMILES string of the molecule is CCCOc1ccc(-c2cccc(C=O)c2)cc1. The van der Waals surface area contributed by atoms with Crippen molar-refractivity contribution in [3.8, 4) is 16.9 Å². The number of aldehydes is 1. The summed E-state index contributed by atoms with van der Waals surface area (Å²) < 4.78 is 5.53. The maximum absolute atomic E-state index is 10.7. The van der Waals surface area contributed by atoms with E-state index >= 15 is 0 Å². The monoisotopic (exact) mass is 240 g/mol. The molecule has 2 heteroatoms. The van der Waals surface area contributed by atoms with Crippen molar-refractivity contribution in [2.24, 2.45) is 0 Å². The number of carbonyl (C=O) groups is 1. The normalized spacial score (nSPS) is 10.1. The van der Waals surface area contributed by atoms with Crippen LogP contribution < -0.4 is 4.74 Å². The van der Waals surface area contributed by atoms with E-state index in [9.17, 15) is 4.79 Å². The molecule has 0 bridgehead atoms. The minimum absolute atomic E-state index is 0.693. The molecule has 0 unspecified atom stereocenters. The molecule has 2 aromatic carbocycles. The summed E-state index contributed by atoms with van der Waals surface area (Å²) in [5, 5.41) is 0. The lowest BCUT2D eigenvalue weighted by molar-refractivity contribution is 0.112. The summed E-state index contributed by atoms with van der Waals surface area (Å²) in [6.07, 6.45) is 1.87. The first-order valence-electron chi connectivity index (χ1n) is 6.12. The fraction of sp³-hybridized carbons (Fsp3) is 0.188. The first-order chi connectivity index (χ1) is 8.83. The van der Waals surface area contributed by atoms with Gasteiger partial charge in [0.15, 0.2) is 0 Å². The van der Waals surface area contributed by atoms with Gasteiger partial charge < -0.3 is 4.74 Å². The molecule has 2 rings (SSSR count). The Labute approximate surface area is 107 Å². The molecule has 0 N–H and O–H groups in total. The van der Waals surface area contributed by atoms with E-state index in [1.165, 1.54) is 0 Å². The van der Waals surface area contributed by atoms with Crippen LogP contribution in [0.15, 0.2) is 48.5 Å². The molecule has 0 aliphatic rings. The number of ether oxygens (including phenoxy) is 1. The van der Waals surface area contributed by atoms with Crippen molar-refractivity contribution < 1.29 is 9.53 Å². The molecular formula is C16H16O2. The van der Waals surface area contributed by atoms with Crippen LogP contribution in [0.1, 0.15) is 23.7 Å². The van der Waals surface area contributed by atoms with Gasteiger partial charge in [-0.05, 0) is 35.7 Å². The smallest absolute Gasteiger partial charge is 0.150 e. The highest BCUT2D eigenvalue weighted by atomic mass is 16.5. The van der Waals surface area contributed by atoms with E-state index < -0.39 is 0 Å². The van der Waals surface area contributed by atoms with Gasteiger partial charge in [0.25, 0.3) is 0 Å². The second kappa shape index (κ2) is 6.01. The van der Waals surface area contributed by atoms with Crippen LogP contribution >= 0.6 is 0 Å². The zero-order chi connectivity index (χ0) is 12.8. The molecule has 0 atom stereocenters. The van der Waals surface area contributed by atoms with Crippen molar-refractivity contribution in [3.63, 3.8) is 0 Å². The fourth-order valence-corrected chi connectivity index (χ4v) is 1.76. The summed E-state index contributed by atoms with van der Waals surface area (Å²) in [6.45, 7) is 2.82. The molecule has 2 nitrogen and oxygen atoms in total. The molecule has 0 aliphatic carbocycles. The van der Waals surface area contributed by atoms with Crippen molar-refractivity contribution in [1.82, 2.24) is 0 Å². The van der Waals surface area contributed by atoms with Gasteiger partial charge in [0.2, 0.25) is 0 Å². The van der Waals surface area contributed by atoms with Gasteiger partial charge in [-0.15, -0.1) is 0 Å². The van der Waals surface area contributed by atoms with E-state index in [0.29, 0.717) is 5.56 Å². The Morgan fingerprint density at radius 1 is 1.06 bits per heavy atom. The molecule has 0 saturated carbocycles. The van der Waals surface area contributed by atoms with E-state index in [4.69, 9.17) is 4.74 Å². The van der Waals surface area contributed by atoms with Crippen LogP contribution in [0.2, 0.25) is 0 Å². The van der Waals surface area contributed by atoms with Gasteiger partial charge >= 0.3 is 0 Å². The molecule has 0 saturated heterocycles. The van der Waals surface area contributed by atoms with Crippen molar-refractivity contribution in [2.75, 3.05) is 6.61 Å². The van der Waals surface area contributed by atoms with E-state index in [2.05, 4.69) is 6.92 Å². The second-order valence-corrected chi connectivity index (χ2v) is 4.12. The highest BCUT2D eigenvalue weighted by Crippen LogP contribution is 2.23. The Morgan fingerprint density at radius 3 is 2.50 bits per heavy atom. The molecule has 0 spiro atoms. The lowest BCUT2D eigenvalue weighted by Crippen LogP contribution is -1.94. The minimum Gasteiger partial charge on any atom is -0.494 e. The number of hydrogen-bond acceptors (Lipinski definition) is 2. The van der Waals surface area contributed by atoms with Gasteiger partial charge in [0.05, 0.1) is 6.61 Å². The Morgan fingerprint density at radius 2 is 1.83 bits per heavy atom. The summed E-state index contributed by atoms with van der Waals surface area (Å²) in [5.74, 6) is 0.882. The Hall–Kier alpha value is -2.09. The highest BCUT2D eigenvalue weighted by Gasteiger charge is 1.99. The summed E-state index contributed by atoms with van der Waals surface area (Å²) in [5.41, 5.74) is 2.82. The van der Waals surface area contributed by atoms with Crippen LogP contribution in [-0.2, 0) is 0 Å². The van der Waals surface area contributed by atoms with Crippen molar-refractivity contribution in [2.45, 2.75) is 13.3 Å². The third-order valence-corrected chi connectivity index (χ3v) is 2.68. The average Bonchev–Trinajstić information content (AvgIpc) is 2.46. The Kier molecular flexibility index (Phi) is 4.13. The molecule has 2 aromatic rings. The molecule has 92 valence electrons. The maximum Gasteiger partial charge on any atom is 0.150 e. The predicted octanol–water partition coefficient (Wildman–Crippen LogP) is 3.95. The second-order valence-electron chi connectivity index (χ2n) is 4.12. The topological polar surface area (TPSA) is 26.3 Å². The van der Waals surface area contributed by atoms with E-state index in [1.54, 1.807) is 6.07 Å². The molecule has 18 heavy (non-hydrogen) atoms. The number of benzene rings is 2. The molecular weight excluding hydrogens is 224 g/mol. The van der Waals surface area contributed by atoms with Gasteiger partial charge in [-0.25, -0.2) is 0 Å². The third kappa shape index (κ3) is 2.98. The molecule has 0 fully saturated rings. The largest absolute Gasteiger partial charge is 0.494 e. The van der Waals surface area contributed by atoms with E-state index in [0.717, 1.165) is 36.2 Å². The molecule has 0 amide bonds. The van der Waals surface area contributed by atoms with Crippen LogP contribution in [0.25, 0.3) is 11.1 Å². The lowest BCUT2D eigenvalue weighted by Gasteiger charge is -2.06. The van der Waals surface area contributed by atoms with E-state index in [1.807, 2.05) is 42.5 Å². The van der Waals surface area contributed by atoms with Gasteiger partial charge in [0, 0.05) is 5.56 Å². The van der Waals surface area contributed by atoms with Crippen molar-refractivity contribution >= 4 is 6.29 Å². The zero-order valence-electron chi connectivity index (χ0n) is 10.4. The Bertz CT molecular complexity index is 515. The first-order valence-corrected chi connectivity index (χ1v) is 6.12. The van der Waals surface area contributed by atoms with Gasteiger partial charge in [-0.2, -0.15) is 0 Å². The first kappa shape index (κ1) is 12.4. The predicted molar refractivity (Wildman–Crippen MR) is 73.1 cm³/mol. The minimum atomic E-state index is 0.693. The molecule has 0 aromatic heterocycles. The lowest BCUT2D eigenvalue weighted by atomic mass is 10.0. The maximum atomic E-state index is 10.7. The van der Waals surface area contributed by atoms with E-state index in [-0.39, 0.29) is 0 Å². The highest BCUT2D eigenvalue weighted by molar-refractivity contribution is 5.78. The fourth-order valence-electron chi connectivity index (χ4n) is 1.76. The number of carbonyl (C=O) groups excluding carboxylic acids is 1. The van der Waals surface area contributed by atoms with Gasteiger partial charge in [0.1, 0.15) is 12.0 Å². The van der Waals surface area contributed by atoms with Crippen molar-refractivity contribution in [1.29, 1.82) is 0 Å². The van der Waals surface area contributed by atoms with Gasteiger partial charge in [-0.3, -0.25) is 4.79 Å². The Balaban J connectivity index is 2.20. The summed E-state index contributed by atoms with van der Waals surface area (Å²) >= 11 is 0. The molecule has 0 aliphatic heterocycles. The van der Waals surface area contributed by atoms with Crippen LogP contribution in [0.3, 0.4) is 0 Å². The molecule has 0 heterocycles. The number of hydrogen-bond donors (Lipinski definition) is 0. The third-order valence-electron chi connectivity index (χ3n) is 2.68. The zero-order valence-corrected chi connectivity index (χ0v) is 10.4. The summed E-state index contributed by atoms with van der Waals surface area (Å²) in [6, 6.07) is 15.5. The number of rotatable bonds is 5. The van der Waals surface area contributed by atoms with Gasteiger partial charge in [-0.1, -0.05) is 37.3 Å². The standard InChI is InChI=1S/C16H16O2/c1-2-10-18-16-8-6-14(7-9-16)15-5-3-4-13(11-15)12-17/h3-9,11-12H,2,10H2,1H3.